The van der Waals surface area contributed by atoms with Crippen molar-refractivity contribution in [2.24, 2.45) is 0 Å². The van der Waals surface area contributed by atoms with Crippen molar-refractivity contribution in [2.75, 3.05) is 6.61 Å². The molecule has 1 unspecified atom stereocenters. The van der Waals surface area contributed by atoms with Gasteiger partial charge in [0.15, 0.2) is 6.23 Å². The average Bonchev–Trinajstić information content (AvgIpc) is 3.04. The number of halogens is 1. The van der Waals surface area contributed by atoms with E-state index in [1.165, 1.54) is 11.1 Å². The Morgan fingerprint density at radius 2 is 1.64 bits per heavy atom. The van der Waals surface area contributed by atoms with Crippen molar-refractivity contribution < 1.29 is 24.4 Å². The van der Waals surface area contributed by atoms with Crippen LogP contribution in [-0.2, 0) is 11.3 Å². The summed E-state index contributed by atoms with van der Waals surface area (Å²) in [4.78, 5) is 25.0. The van der Waals surface area contributed by atoms with Crippen molar-refractivity contribution in [1.29, 1.82) is 0 Å². The summed E-state index contributed by atoms with van der Waals surface area (Å²) in [5.41, 5.74) is 1.57. The summed E-state index contributed by atoms with van der Waals surface area (Å²) < 4.78 is 21.0. The van der Waals surface area contributed by atoms with E-state index in [9.17, 15) is 29.3 Å². The maximum atomic E-state index is 14.3. The van der Waals surface area contributed by atoms with E-state index < -0.39 is 48.2 Å². The molecule has 0 bridgehead atoms. The molecule has 1 aromatic heterocycles. The molecule has 1 aliphatic heterocycles. The van der Waals surface area contributed by atoms with E-state index in [2.05, 4.69) is 32.9 Å². The maximum absolute atomic E-state index is 14.3. The van der Waals surface area contributed by atoms with Crippen molar-refractivity contribution in [3.63, 3.8) is 0 Å². The first-order valence-corrected chi connectivity index (χ1v) is 11.1. The molecule has 4 atom stereocenters. The van der Waals surface area contributed by atoms with Gasteiger partial charge in [0.1, 0.15) is 18.3 Å². The zero-order valence-electron chi connectivity index (χ0n) is 19.7. The highest BCUT2D eigenvalue weighted by atomic mass is 19.1. The molecule has 0 amide bonds. The molecular formula is C24H35FN2O6. The Kier molecular flexibility index (Phi) is 9.97. The number of nitrogens with zero attached hydrogens (tertiary/aromatic N) is 2. The first kappa shape index (κ1) is 26.9. The van der Waals surface area contributed by atoms with Gasteiger partial charge < -0.3 is 20.1 Å². The van der Waals surface area contributed by atoms with E-state index in [1.54, 1.807) is 6.08 Å². The third kappa shape index (κ3) is 7.07. The van der Waals surface area contributed by atoms with Gasteiger partial charge in [0.2, 0.25) is 5.82 Å². The van der Waals surface area contributed by atoms with Crippen molar-refractivity contribution in [3.8, 4) is 0 Å². The van der Waals surface area contributed by atoms with E-state index in [0.717, 1.165) is 35.8 Å². The van der Waals surface area contributed by atoms with E-state index in [-0.39, 0.29) is 6.54 Å². The molecule has 184 valence electrons. The molecule has 1 saturated heterocycles. The van der Waals surface area contributed by atoms with Crippen LogP contribution in [0, 0.1) is 5.82 Å². The molecule has 3 N–H and O–H groups in total. The zero-order valence-corrected chi connectivity index (χ0v) is 19.7. The molecule has 0 saturated carbocycles. The molecule has 33 heavy (non-hydrogen) atoms. The second-order valence-electron chi connectivity index (χ2n) is 8.77. The highest BCUT2D eigenvalue weighted by Crippen LogP contribution is 2.28. The van der Waals surface area contributed by atoms with Gasteiger partial charge in [0.25, 0.3) is 5.56 Å². The second kappa shape index (κ2) is 12.2. The Balaban J connectivity index is 2.11. The second-order valence-corrected chi connectivity index (χ2v) is 8.77. The lowest BCUT2D eigenvalue weighted by atomic mass is 10.1. The molecule has 2 heterocycles. The van der Waals surface area contributed by atoms with Gasteiger partial charge >= 0.3 is 5.69 Å². The number of aromatic nitrogens is 2. The largest absolute Gasteiger partial charge is 0.394 e. The fourth-order valence-electron chi connectivity index (χ4n) is 3.63. The van der Waals surface area contributed by atoms with Crippen LogP contribution in [0.15, 0.2) is 50.7 Å². The van der Waals surface area contributed by atoms with Crippen LogP contribution in [0.2, 0.25) is 0 Å². The highest BCUT2D eigenvalue weighted by Gasteiger charge is 2.44. The van der Waals surface area contributed by atoms with Gasteiger partial charge in [-0.3, -0.25) is 13.9 Å². The first-order valence-electron chi connectivity index (χ1n) is 11.1. The van der Waals surface area contributed by atoms with Crippen molar-refractivity contribution in [3.05, 3.63) is 67.8 Å². The third-order valence-electron chi connectivity index (χ3n) is 5.69. The summed E-state index contributed by atoms with van der Waals surface area (Å²) in [7, 11) is 0. The molecule has 1 aliphatic rings. The fraction of sp³-hybridized carbons (Fsp3) is 0.583. The number of aliphatic hydroxyl groups excluding tert-OH is 3. The Hall–Kier alpha value is -2.33. The van der Waals surface area contributed by atoms with E-state index in [1.807, 2.05) is 6.92 Å². The Morgan fingerprint density at radius 1 is 1.03 bits per heavy atom. The molecular weight excluding hydrogens is 431 g/mol. The minimum absolute atomic E-state index is 0.140. The molecule has 0 aromatic carbocycles. The lowest BCUT2D eigenvalue weighted by Crippen LogP contribution is -2.44. The van der Waals surface area contributed by atoms with Crippen molar-refractivity contribution in [1.82, 2.24) is 9.13 Å². The van der Waals surface area contributed by atoms with E-state index >= 15 is 0 Å². The number of ether oxygens (including phenoxy) is 1. The monoisotopic (exact) mass is 466 g/mol. The van der Waals surface area contributed by atoms with Crippen LogP contribution < -0.4 is 11.2 Å². The van der Waals surface area contributed by atoms with Crippen LogP contribution in [-0.4, -0.2) is 49.4 Å². The van der Waals surface area contributed by atoms with Gasteiger partial charge in [-0.1, -0.05) is 34.9 Å². The predicted octanol–water partition coefficient (Wildman–Crippen LogP) is 2.18. The smallest absolute Gasteiger partial charge is 0.333 e. The van der Waals surface area contributed by atoms with Crippen LogP contribution in [0.1, 0.15) is 59.6 Å². The summed E-state index contributed by atoms with van der Waals surface area (Å²) in [5, 5.41) is 29.3. The van der Waals surface area contributed by atoms with Crippen LogP contribution in [0.4, 0.5) is 4.39 Å². The highest BCUT2D eigenvalue weighted by molar-refractivity contribution is 5.06. The maximum Gasteiger partial charge on any atom is 0.333 e. The third-order valence-corrected chi connectivity index (χ3v) is 5.69. The summed E-state index contributed by atoms with van der Waals surface area (Å²) in [6, 6.07) is 0. The molecule has 0 radical (unpaired) electrons. The van der Waals surface area contributed by atoms with Gasteiger partial charge in [-0.25, -0.2) is 4.79 Å². The Morgan fingerprint density at radius 3 is 2.21 bits per heavy atom. The number of hydrogen-bond acceptors (Lipinski definition) is 6. The van der Waals surface area contributed by atoms with Gasteiger partial charge in [0, 0.05) is 6.54 Å². The van der Waals surface area contributed by atoms with Gasteiger partial charge in [0.05, 0.1) is 12.8 Å². The summed E-state index contributed by atoms with van der Waals surface area (Å²) in [6.07, 6.45) is 4.70. The van der Waals surface area contributed by atoms with Crippen LogP contribution in [0.5, 0.6) is 0 Å². The predicted molar refractivity (Wildman–Crippen MR) is 123 cm³/mol. The standard InChI is InChI=1S/C24H35FN2O6/c1-15(2)7-5-8-16(3)9-6-10-17(4)11-12-26-22(31)18(25)13-27(24(26)32)23-21(30)20(29)19(14-28)33-23/h7,9,11,13,19-21,23,28-30H,5-6,8,10,12,14H2,1-4H3/b16-9+,17-11+/t19-,20?,21+,23-/m1/s1. The number of aliphatic hydroxyl groups is 3. The fourth-order valence-corrected chi connectivity index (χ4v) is 3.63. The molecule has 1 aromatic rings. The summed E-state index contributed by atoms with van der Waals surface area (Å²) in [6.45, 7) is 7.38. The number of allylic oxidation sites excluding steroid dienone is 6. The Bertz CT molecular complexity index is 1020. The molecule has 0 spiro atoms. The van der Waals surface area contributed by atoms with Crippen LogP contribution in [0.3, 0.4) is 0 Å². The first-order chi connectivity index (χ1) is 15.6. The van der Waals surface area contributed by atoms with Crippen LogP contribution in [0.25, 0.3) is 0 Å². The lowest BCUT2D eigenvalue weighted by Gasteiger charge is -2.18. The van der Waals surface area contributed by atoms with E-state index in [4.69, 9.17) is 4.74 Å². The van der Waals surface area contributed by atoms with Gasteiger partial charge in [-0.2, -0.15) is 4.39 Å². The number of hydrogen-bond donors (Lipinski definition) is 3. The lowest BCUT2D eigenvalue weighted by molar-refractivity contribution is -0.0560. The van der Waals surface area contributed by atoms with Gasteiger partial charge in [-0.05, 0) is 53.4 Å². The molecule has 2 rings (SSSR count). The molecule has 8 nitrogen and oxygen atoms in total. The van der Waals surface area contributed by atoms with Crippen molar-refractivity contribution >= 4 is 0 Å². The Labute approximate surface area is 192 Å². The van der Waals surface area contributed by atoms with Gasteiger partial charge in [-0.15, -0.1) is 0 Å². The van der Waals surface area contributed by atoms with Crippen molar-refractivity contribution in [2.45, 2.75) is 84.5 Å². The summed E-state index contributed by atoms with van der Waals surface area (Å²) in [5.74, 6) is -1.19. The normalized spacial score (nSPS) is 23.8. The average molecular weight is 467 g/mol. The minimum atomic E-state index is -1.56. The quantitative estimate of drug-likeness (QED) is 0.456. The molecule has 9 heteroatoms. The SMILES string of the molecule is CC(C)=CCC/C(C)=C/CC/C(C)=C/Cn1c(=O)c(F)cn([C@@H]2O[C@H](CO)C(O)[C@@H]2O)c1=O. The minimum Gasteiger partial charge on any atom is -0.394 e. The van der Waals surface area contributed by atoms with Crippen LogP contribution >= 0.6 is 0 Å². The molecule has 1 fully saturated rings. The topological polar surface area (TPSA) is 114 Å². The van der Waals surface area contributed by atoms with E-state index in [0.29, 0.717) is 10.8 Å². The molecule has 0 aliphatic carbocycles. The summed E-state index contributed by atoms with van der Waals surface area (Å²) >= 11 is 0. The number of rotatable bonds is 10. The zero-order chi connectivity index (χ0) is 24.7.